The smallest absolute Gasteiger partial charge is 0.240 e. The standard InChI is InChI=1S/C18H18N4O3S2/c1-13(23)21-15-2-4-17(5-3-15)27(24,25)20-11-8-16-12-26-18(22-16)14-6-9-19-10-7-14/h2-7,9-10,12,20H,8,11H2,1H3,(H,21,23). The van der Waals surface area contributed by atoms with Gasteiger partial charge in [-0.05, 0) is 36.4 Å². The van der Waals surface area contributed by atoms with Crippen LogP contribution >= 0.6 is 11.3 Å². The number of thiazole rings is 1. The number of aromatic nitrogens is 2. The van der Waals surface area contributed by atoms with Crippen molar-refractivity contribution in [3.8, 4) is 10.6 Å². The van der Waals surface area contributed by atoms with Crippen LogP contribution in [0.1, 0.15) is 12.6 Å². The summed E-state index contributed by atoms with van der Waals surface area (Å²) in [6.45, 7) is 1.64. The maximum absolute atomic E-state index is 12.4. The van der Waals surface area contributed by atoms with Crippen LogP contribution in [0.15, 0.2) is 59.1 Å². The van der Waals surface area contributed by atoms with E-state index < -0.39 is 10.0 Å². The molecule has 0 unspecified atom stereocenters. The number of nitrogens with one attached hydrogen (secondary N) is 2. The molecule has 2 aromatic heterocycles. The van der Waals surface area contributed by atoms with Crippen molar-refractivity contribution in [3.63, 3.8) is 0 Å². The predicted molar refractivity (Wildman–Crippen MR) is 105 cm³/mol. The summed E-state index contributed by atoms with van der Waals surface area (Å²) >= 11 is 1.51. The first kappa shape index (κ1) is 19.2. The van der Waals surface area contributed by atoms with Crippen LogP contribution in [0.2, 0.25) is 0 Å². The highest BCUT2D eigenvalue weighted by Gasteiger charge is 2.14. The number of carbonyl (C=O) groups excluding carboxylic acids is 1. The molecule has 3 rings (SSSR count). The van der Waals surface area contributed by atoms with Crippen LogP contribution in [0.5, 0.6) is 0 Å². The van der Waals surface area contributed by atoms with E-state index in [1.165, 1.54) is 30.4 Å². The summed E-state index contributed by atoms with van der Waals surface area (Å²) < 4.78 is 27.3. The molecule has 0 aliphatic carbocycles. The van der Waals surface area contributed by atoms with Crippen molar-refractivity contribution in [3.05, 3.63) is 59.9 Å². The lowest BCUT2D eigenvalue weighted by molar-refractivity contribution is -0.114. The van der Waals surface area contributed by atoms with Crippen LogP contribution in [-0.4, -0.2) is 30.8 Å². The maximum Gasteiger partial charge on any atom is 0.240 e. The molecular weight excluding hydrogens is 384 g/mol. The van der Waals surface area contributed by atoms with E-state index in [4.69, 9.17) is 0 Å². The molecule has 0 saturated heterocycles. The number of hydrogen-bond acceptors (Lipinski definition) is 6. The lowest BCUT2D eigenvalue weighted by Gasteiger charge is -2.07. The van der Waals surface area contributed by atoms with E-state index in [-0.39, 0.29) is 17.3 Å². The van der Waals surface area contributed by atoms with Gasteiger partial charge in [-0.2, -0.15) is 0 Å². The number of rotatable bonds is 7. The Morgan fingerprint density at radius 3 is 2.48 bits per heavy atom. The highest BCUT2D eigenvalue weighted by atomic mass is 32.2. The maximum atomic E-state index is 12.4. The molecule has 0 spiro atoms. The Labute approximate surface area is 161 Å². The molecule has 0 aliphatic rings. The Kier molecular flexibility index (Phi) is 5.94. The molecule has 0 atom stereocenters. The van der Waals surface area contributed by atoms with Crippen LogP contribution in [-0.2, 0) is 21.2 Å². The Morgan fingerprint density at radius 2 is 1.81 bits per heavy atom. The number of hydrogen-bond donors (Lipinski definition) is 2. The fourth-order valence-electron chi connectivity index (χ4n) is 2.37. The molecule has 3 aromatic rings. The first-order chi connectivity index (χ1) is 12.9. The van der Waals surface area contributed by atoms with Crippen molar-refractivity contribution in [2.75, 3.05) is 11.9 Å². The highest BCUT2D eigenvalue weighted by molar-refractivity contribution is 7.89. The van der Waals surface area contributed by atoms with Crippen LogP contribution in [0.25, 0.3) is 10.6 Å². The van der Waals surface area contributed by atoms with Crippen molar-refractivity contribution in [1.29, 1.82) is 0 Å². The molecule has 0 bridgehead atoms. The van der Waals surface area contributed by atoms with Crippen molar-refractivity contribution >= 4 is 33.0 Å². The van der Waals surface area contributed by atoms with E-state index in [2.05, 4.69) is 20.0 Å². The van der Waals surface area contributed by atoms with E-state index >= 15 is 0 Å². The third-order valence-electron chi connectivity index (χ3n) is 3.64. The van der Waals surface area contributed by atoms with E-state index in [1.54, 1.807) is 24.5 Å². The molecule has 9 heteroatoms. The molecule has 7 nitrogen and oxygen atoms in total. The number of pyridine rings is 1. The predicted octanol–water partition coefficient (Wildman–Crippen LogP) is 2.68. The zero-order valence-electron chi connectivity index (χ0n) is 14.5. The van der Waals surface area contributed by atoms with Gasteiger partial charge in [0.25, 0.3) is 0 Å². The number of amides is 1. The Hall–Kier alpha value is -2.62. The van der Waals surface area contributed by atoms with Gasteiger partial charge in [0, 0.05) is 48.9 Å². The average molecular weight is 403 g/mol. The summed E-state index contributed by atoms with van der Waals surface area (Å²) in [4.78, 5) is 19.7. The number of sulfonamides is 1. The van der Waals surface area contributed by atoms with Crippen LogP contribution in [0, 0.1) is 0 Å². The lowest BCUT2D eigenvalue weighted by Crippen LogP contribution is -2.26. The zero-order valence-corrected chi connectivity index (χ0v) is 16.2. The molecule has 2 heterocycles. The highest BCUT2D eigenvalue weighted by Crippen LogP contribution is 2.23. The molecule has 0 saturated carbocycles. The summed E-state index contributed by atoms with van der Waals surface area (Å²) in [7, 11) is -3.62. The second kappa shape index (κ2) is 8.38. The largest absolute Gasteiger partial charge is 0.326 e. The molecule has 140 valence electrons. The Bertz CT molecular complexity index is 1020. The minimum absolute atomic E-state index is 0.146. The van der Waals surface area contributed by atoms with Crippen molar-refractivity contribution in [2.24, 2.45) is 0 Å². The van der Waals surface area contributed by atoms with Gasteiger partial charge in [-0.3, -0.25) is 9.78 Å². The molecule has 0 aliphatic heterocycles. The van der Waals surface area contributed by atoms with Crippen molar-refractivity contribution in [2.45, 2.75) is 18.2 Å². The summed E-state index contributed by atoms with van der Waals surface area (Å²) in [5.41, 5.74) is 2.36. The van der Waals surface area contributed by atoms with Gasteiger partial charge in [0.05, 0.1) is 10.6 Å². The van der Waals surface area contributed by atoms with Gasteiger partial charge in [-0.25, -0.2) is 18.1 Å². The summed E-state index contributed by atoms with van der Waals surface area (Å²) in [5, 5.41) is 5.40. The average Bonchev–Trinajstić information content (AvgIpc) is 3.11. The second-order valence-corrected chi connectivity index (χ2v) is 8.36. The minimum atomic E-state index is -3.62. The lowest BCUT2D eigenvalue weighted by atomic mass is 10.3. The van der Waals surface area contributed by atoms with E-state index in [0.29, 0.717) is 12.1 Å². The number of nitrogens with zero attached hydrogens (tertiary/aromatic N) is 2. The molecular formula is C18H18N4O3S2. The first-order valence-corrected chi connectivity index (χ1v) is 10.5. The number of benzene rings is 1. The van der Waals surface area contributed by atoms with Gasteiger partial charge in [0.2, 0.25) is 15.9 Å². The first-order valence-electron chi connectivity index (χ1n) is 8.16. The Balaban J connectivity index is 1.58. The third kappa shape index (κ3) is 5.19. The van der Waals surface area contributed by atoms with E-state index in [0.717, 1.165) is 16.3 Å². The van der Waals surface area contributed by atoms with Gasteiger partial charge in [-0.1, -0.05) is 0 Å². The summed E-state index contributed by atoms with van der Waals surface area (Å²) in [5.74, 6) is -0.210. The van der Waals surface area contributed by atoms with Gasteiger partial charge in [0.15, 0.2) is 0 Å². The van der Waals surface area contributed by atoms with E-state index in [9.17, 15) is 13.2 Å². The Morgan fingerprint density at radius 1 is 1.11 bits per heavy atom. The molecule has 1 aromatic carbocycles. The van der Waals surface area contributed by atoms with Gasteiger partial charge in [0.1, 0.15) is 5.01 Å². The zero-order chi connectivity index (χ0) is 19.3. The SMILES string of the molecule is CC(=O)Nc1ccc(S(=O)(=O)NCCc2csc(-c3ccncc3)n2)cc1. The fraction of sp³-hybridized carbons (Fsp3) is 0.167. The number of carbonyl (C=O) groups is 1. The van der Waals surface area contributed by atoms with Crippen LogP contribution in [0.4, 0.5) is 5.69 Å². The van der Waals surface area contributed by atoms with Crippen LogP contribution in [0.3, 0.4) is 0 Å². The van der Waals surface area contributed by atoms with Crippen molar-refractivity contribution < 1.29 is 13.2 Å². The topological polar surface area (TPSA) is 101 Å². The van der Waals surface area contributed by atoms with Crippen LogP contribution < -0.4 is 10.0 Å². The molecule has 0 fully saturated rings. The third-order valence-corrected chi connectivity index (χ3v) is 6.05. The molecule has 0 radical (unpaired) electrons. The number of anilines is 1. The van der Waals surface area contributed by atoms with Gasteiger partial charge in [-0.15, -0.1) is 11.3 Å². The second-order valence-electron chi connectivity index (χ2n) is 5.73. The molecule has 1 amide bonds. The van der Waals surface area contributed by atoms with Gasteiger partial charge < -0.3 is 5.32 Å². The van der Waals surface area contributed by atoms with E-state index in [1.807, 2.05) is 17.5 Å². The van der Waals surface area contributed by atoms with Gasteiger partial charge >= 0.3 is 0 Å². The summed E-state index contributed by atoms with van der Waals surface area (Å²) in [6, 6.07) is 9.79. The quantitative estimate of drug-likeness (QED) is 0.633. The van der Waals surface area contributed by atoms with Crippen molar-refractivity contribution in [1.82, 2.24) is 14.7 Å². The summed E-state index contributed by atoms with van der Waals surface area (Å²) in [6.07, 6.45) is 3.91. The fourth-order valence-corrected chi connectivity index (χ4v) is 4.26. The minimum Gasteiger partial charge on any atom is -0.326 e. The monoisotopic (exact) mass is 402 g/mol. The molecule has 2 N–H and O–H groups in total. The normalized spacial score (nSPS) is 11.3. The molecule has 27 heavy (non-hydrogen) atoms.